The molecule has 0 aliphatic rings. The summed E-state index contributed by atoms with van der Waals surface area (Å²) in [5.41, 5.74) is 4.15. The van der Waals surface area contributed by atoms with Gasteiger partial charge in [-0.05, 0) is 43.0 Å². The molecule has 1 rings (SSSR count). The maximum atomic E-state index is 3.43. The molecule has 0 atom stereocenters. The molecule has 1 nitrogen and oxygen atoms in total. The van der Waals surface area contributed by atoms with E-state index in [-0.39, 0.29) is 0 Å². The summed E-state index contributed by atoms with van der Waals surface area (Å²) in [5, 5.41) is 3.43. The molecule has 0 saturated heterocycles. The standard InChI is InChI=1S/C16H25N/c1-5-15-9-6-10-16(12-15)14(4)8-7-11-17-13(2)3/h6,8-10,12-13,17H,5,7,11H2,1-4H3/b14-8+. The van der Waals surface area contributed by atoms with Crippen LogP contribution in [0.2, 0.25) is 0 Å². The summed E-state index contributed by atoms with van der Waals surface area (Å²) in [6.07, 6.45) is 4.53. The average molecular weight is 231 g/mol. The second kappa shape index (κ2) is 7.29. The van der Waals surface area contributed by atoms with Crippen molar-refractivity contribution in [2.24, 2.45) is 0 Å². The molecular weight excluding hydrogens is 206 g/mol. The summed E-state index contributed by atoms with van der Waals surface area (Å²) in [7, 11) is 0. The van der Waals surface area contributed by atoms with Crippen molar-refractivity contribution in [3.05, 3.63) is 41.5 Å². The molecule has 17 heavy (non-hydrogen) atoms. The van der Waals surface area contributed by atoms with E-state index in [0.29, 0.717) is 6.04 Å². The minimum Gasteiger partial charge on any atom is -0.314 e. The number of allylic oxidation sites excluding steroid dienone is 1. The lowest BCUT2D eigenvalue weighted by atomic mass is 10.0. The lowest BCUT2D eigenvalue weighted by Gasteiger charge is -2.07. The second-order valence-corrected chi connectivity index (χ2v) is 4.84. The number of nitrogens with one attached hydrogen (secondary N) is 1. The minimum atomic E-state index is 0.576. The van der Waals surface area contributed by atoms with Gasteiger partial charge in [-0.3, -0.25) is 0 Å². The fraction of sp³-hybridized carbons (Fsp3) is 0.500. The summed E-state index contributed by atoms with van der Waals surface area (Å²) < 4.78 is 0. The maximum Gasteiger partial charge on any atom is 0.00105 e. The van der Waals surface area contributed by atoms with E-state index in [0.717, 1.165) is 19.4 Å². The predicted molar refractivity (Wildman–Crippen MR) is 77.2 cm³/mol. The zero-order chi connectivity index (χ0) is 12.7. The van der Waals surface area contributed by atoms with Gasteiger partial charge in [0.2, 0.25) is 0 Å². The van der Waals surface area contributed by atoms with Crippen molar-refractivity contribution in [1.29, 1.82) is 0 Å². The quantitative estimate of drug-likeness (QED) is 0.729. The number of hydrogen-bond donors (Lipinski definition) is 1. The maximum absolute atomic E-state index is 3.43. The van der Waals surface area contributed by atoms with Crippen LogP contribution in [0.4, 0.5) is 0 Å². The lowest BCUT2D eigenvalue weighted by molar-refractivity contribution is 0.595. The van der Waals surface area contributed by atoms with Crippen LogP contribution in [0.25, 0.3) is 5.57 Å². The lowest BCUT2D eigenvalue weighted by Crippen LogP contribution is -2.23. The molecule has 0 aromatic heterocycles. The Labute approximate surface area is 106 Å². The Balaban J connectivity index is 2.55. The molecule has 1 heteroatoms. The Morgan fingerprint density at radius 3 is 2.76 bits per heavy atom. The highest BCUT2D eigenvalue weighted by Gasteiger charge is 1.97. The first-order chi connectivity index (χ1) is 8.13. The first kappa shape index (κ1) is 14.0. The smallest absolute Gasteiger partial charge is 0.00105 e. The highest BCUT2D eigenvalue weighted by atomic mass is 14.9. The van der Waals surface area contributed by atoms with Gasteiger partial charge >= 0.3 is 0 Å². The molecule has 0 fully saturated rings. The van der Waals surface area contributed by atoms with Crippen molar-refractivity contribution in [3.63, 3.8) is 0 Å². The highest BCUT2D eigenvalue weighted by Crippen LogP contribution is 2.16. The van der Waals surface area contributed by atoms with Gasteiger partial charge in [0.25, 0.3) is 0 Å². The average Bonchev–Trinajstić information content (AvgIpc) is 2.34. The van der Waals surface area contributed by atoms with Crippen LogP contribution in [0.15, 0.2) is 30.3 Å². The number of hydrogen-bond acceptors (Lipinski definition) is 1. The summed E-state index contributed by atoms with van der Waals surface area (Å²) in [6.45, 7) is 9.82. The van der Waals surface area contributed by atoms with E-state index in [1.54, 1.807) is 0 Å². The van der Waals surface area contributed by atoms with E-state index in [2.05, 4.69) is 63.4 Å². The van der Waals surface area contributed by atoms with Gasteiger partial charge in [0.15, 0.2) is 0 Å². The third kappa shape index (κ3) is 5.18. The molecule has 0 heterocycles. The van der Waals surface area contributed by atoms with Gasteiger partial charge in [-0.25, -0.2) is 0 Å². The van der Waals surface area contributed by atoms with E-state index in [4.69, 9.17) is 0 Å². The van der Waals surface area contributed by atoms with Crippen molar-refractivity contribution >= 4 is 5.57 Å². The van der Waals surface area contributed by atoms with E-state index >= 15 is 0 Å². The zero-order valence-electron chi connectivity index (χ0n) is 11.6. The Morgan fingerprint density at radius 1 is 1.35 bits per heavy atom. The Morgan fingerprint density at radius 2 is 2.12 bits per heavy atom. The monoisotopic (exact) mass is 231 g/mol. The molecule has 1 N–H and O–H groups in total. The molecule has 0 radical (unpaired) electrons. The molecule has 0 unspecified atom stereocenters. The number of aryl methyl sites for hydroxylation is 1. The Bertz CT molecular complexity index is 364. The molecule has 0 aliphatic carbocycles. The van der Waals surface area contributed by atoms with E-state index in [1.807, 2.05) is 0 Å². The highest BCUT2D eigenvalue weighted by molar-refractivity contribution is 5.64. The second-order valence-electron chi connectivity index (χ2n) is 4.84. The van der Waals surface area contributed by atoms with Gasteiger partial charge in [-0.1, -0.05) is 51.1 Å². The van der Waals surface area contributed by atoms with Crippen molar-refractivity contribution in [3.8, 4) is 0 Å². The van der Waals surface area contributed by atoms with Crippen molar-refractivity contribution in [2.75, 3.05) is 6.54 Å². The largest absolute Gasteiger partial charge is 0.314 e. The minimum absolute atomic E-state index is 0.576. The fourth-order valence-corrected chi connectivity index (χ4v) is 1.82. The first-order valence-corrected chi connectivity index (χ1v) is 6.63. The molecular formula is C16H25N. The molecule has 0 aliphatic heterocycles. The molecule has 94 valence electrons. The Kier molecular flexibility index (Phi) is 5.99. The van der Waals surface area contributed by atoms with E-state index < -0.39 is 0 Å². The van der Waals surface area contributed by atoms with Crippen molar-refractivity contribution in [2.45, 2.75) is 46.6 Å². The summed E-state index contributed by atoms with van der Waals surface area (Å²) in [6, 6.07) is 9.41. The molecule has 0 amide bonds. The molecule has 1 aromatic rings. The van der Waals surface area contributed by atoms with Crippen LogP contribution < -0.4 is 5.32 Å². The van der Waals surface area contributed by atoms with Crippen LogP contribution in [-0.2, 0) is 6.42 Å². The summed E-state index contributed by atoms with van der Waals surface area (Å²) in [5.74, 6) is 0. The Hall–Kier alpha value is -1.08. The topological polar surface area (TPSA) is 12.0 Å². The van der Waals surface area contributed by atoms with Crippen molar-refractivity contribution in [1.82, 2.24) is 5.32 Å². The van der Waals surface area contributed by atoms with Crippen LogP contribution in [0.3, 0.4) is 0 Å². The normalized spacial score (nSPS) is 12.2. The van der Waals surface area contributed by atoms with Gasteiger partial charge in [-0.2, -0.15) is 0 Å². The molecule has 0 saturated carbocycles. The fourth-order valence-electron chi connectivity index (χ4n) is 1.82. The van der Waals surface area contributed by atoms with Gasteiger partial charge in [0, 0.05) is 6.04 Å². The van der Waals surface area contributed by atoms with Crippen LogP contribution >= 0.6 is 0 Å². The number of rotatable bonds is 6. The van der Waals surface area contributed by atoms with Gasteiger partial charge in [0.05, 0.1) is 0 Å². The zero-order valence-corrected chi connectivity index (χ0v) is 11.6. The van der Waals surface area contributed by atoms with Crippen LogP contribution in [-0.4, -0.2) is 12.6 Å². The number of benzene rings is 1. The van der Waals surface area contributed by atoms with Crippen LogP contribution in [0, 0.1) is 0 Å². The first-order valence-electron chi connectivity index (χ1n) is 6.63. The third-order valence-corrected chi connectivity index (χ3v) is 2.94. The van der Waals surface area contributed by atoms with E-state index in [1.165, 1.54) is 16.7 Å². The SMILES string of the molecule is CCc1cccc(/C(C)=C/CCNC(C)C)c1. The molecule has 1 aromatic carbocycles. The summed E-state index contributed by atoms with van der Waals surface area (Å²) >= 11 is 0. The molecule has 0 spiro atoms. The van der Waals surface area contributed by atoms with E-state index in [9.17, 15) is 0 Å². The van der Waals surface area contributed by atoms with Gasteiger partial charge < -0.3 is 5.32 Å². The van der Waals surface area contributed by atoms with Crippen LogP contribution in [0.1, 0.15) is 45.2 Å². The van der Waals surface area contributed by atoms with Crippen LogP contribution in [0.5, 0.6) is 0 Å². The summed E-state index contributed by atoms with van der Waals surface area (Å²) in [4.78, 5) is 0. The van der Waals surface area contributed by atoms with Gasteiger partial charge in [-0.15, -0.1) is 0 Å². The predicted octanol–water partition coefficient (Wildman–Crippen LogP) is 4.04. The van der Waals surface area contributed by atoms with Gasteiger partial charge in [0.1, 0.15) is 0 Å². The third-order valence-electron chi connectivity index (χ3n) is 2.94. The van der Waals surface area contributed by atoms with Crippen molar-refractivity contribution < 1.29 is 0 Å². The molecule has 0 bridgehead atoms.